The molecule has 3 heterocycles. The molecule has 120 valence electrons. The zero-order chi connectivity index (χ0) is 16.4. The van der Waals surface area contributed by atoms with Crippen molar-refractivity contribution < 1.29 is 9.59 Å². The minimum Gasteiger partial charge on any atom is -0.369 e. The van der Waals surface area contributed by atoms with Crippen LogP contribution in [-0.4, -0.2) is 39.7 Å². The summed E-state index contributed by atoms with van der Waals surface area (Å²) in [6.45, 7) is 3.07. The molecular formula is C15H18N6O2. The van der Waals surface area contributed by atoms with Crippen molar-refractivity contribution in [2.24, 2.45) is 5.73 Å². The lowest BCUT2D eigenvalue weighted by molar-refractivity contribution is -0.114. The smallest absolute Gasteiger partial charge is 0.267 e. The van der Waals surface area contributed by atoms with Crippen LogP contribution in [-0.2, 0) is 4.79 Å². The van der Waals surface area contributed by atoms with Gasteiger partial charge in [0.2, 0.25) is 5.91 Å². The predicted octanol–water partition coefficient (Wildman–Crippen LogP) is 0.787. The largest absolute Gasteiger partial charge is 0.369 e. The first-order valence-corrected chi connectivity index (χ1v) is 7.36. The Kier molecular flexibility index (Phi) is 3.96. The summed E-state index contributed by atoms with van der Waals surface area (Å²) in [4.78, 5) is 28.4. The van der Waals surface area contributed by atoms with Crippen molar-refractivity contribution in [1.29, 1.82) is 0 Å². The molecule has 2 aromatic heterocycles. The van der Waals surface area contributed by atoms with Gasteiger partial charge in [-0.3, -0.25) is 19.3 Å². The zero-order valence-corrected chi connectivity index (χ0v) is 12.8. The molecule has 0 aromatic carbocycles. The maximum Gasteiger partial charge on any atom is 0.267 e. The Morgan fingerprint density at radius 1 is 1.39 bits per heavy atom. The molecule has 8 heteroatoms. The average Bonchev–Trinajstić information content (AvgIpc) is 3.15. The molecule has 0 unspecified atom stereocenters. The first kappa shape index (κ1) is 15.0. The minimum absolute atomic E-state index is 0.140. The Balaban J connectivity index is 1.71. The molecule has 1 aliphatic rings. The van der Waals surface area contributed by atoms with Crippen molar-refractivity contribution in [1.82, 2.24) is 14.8 Å². The van der Waals surface area contributed by atoms with Gasteiger partial charge in [-0.25, -0.2) is 0 Å². The first-order chi connectivity index (χ1) is 11.0. The van der Waals surface area contributed by atoms with Gasteiger partial charge in [0.1, 0.15) is 5.69 Å². The molecule has 1 saturated heterocycles. The number of pyridine rings is 1. The number of rotatable bonds is 4. The quantitative estimate of drug-likeness (QED) is 0.867. The second-order valence-corrected chi connectivity index (χ2v) is 5.51. The van der Waals surface area contributed by atoms with Crippen LogP contribution in [0.5, 0.6) is 0 Å². The minimum atomic E-state index is -0.533. The van der Waals surface area contributed by atoms with E-state index in [9.17, 15) is 9.59 Å². The summed E-state index contributed by atoms with van der Waals surface area (Å²) in [7, 11) is 0. The molecule has 23 heavy (non-hydrogen) atoms. The van der Waals surface area contributed by atoms with Gasteiger partial charge in [-0.15, -0.1) is 0 Å². The first-order valence-electron chi connectivity index (χ1n) is 7.36. The third-order valence-corrected chi connectivity index (χ3v) is 3.81. The number of carbonyl (C=O) groups is 2. The second-order valence-electron chi connectivity index (χ2n) is 5.51. The van der Waals surface area contributed by atoms with Crippen molar-refractivity contribution in [2.75, 3.05) is 23.3 Å². The van der Waals surface area contributed by atoms with Crippen LogP contribution in [0.4, 0.5) is 11.5 Å². The van der Waals surface area contributed by atoms with E-state index in [-0.39, 0.29) is 17.6 Å². The van der Waals surface area contributed by atoms with E-state index < -0.39 is 5.91 Å². The number of nitrogens with zero attached hydrogens (tertiary/aromatic N) is 4. The van der Waals surface area contributed by atoms with Crippen LogP contribution in [0.3, 0.4) is 0 Å². The Bertz CT molecular complexity index is 741. The van der Waals surface area contributed by atoms with Crippen LogP contribution < -0.4 is 16.0 Å². The fourth-order valence-corrected chi connectivity index (χ4v) is 2.73. The molecule has 0 aliphatic carbocycles. The van der Waals surface area contributed by atoms with Crippen LogP contribution in [0.25, 0.3) is 0 Å². The Hall–Kier alpha value is -2.90. The molecule has 2 aromatic rings. The van der Waals surface area contributed by atoms with Crippen molar-refractivity contribution >= 4 is 23.3 Å². The monoisotopic (exact) mass is 314 g/mol. The van der Waals surface area contributed by atoms with Gasteiger partial charge >= 0.3 is 0 Å². The molecule has 8 nitrogen and oxygen atoms in total. The molecular weight excluding hydrogens is 296 g/mol. The summed E-state index contributed by atoms with van der Waals surface area (Å²) in [5.74, 6) is -0.121. The van der Waals surface area contributed by atoms with Crippen LogP contribution in [0.1, 0.15) is 29.9 Å². The van der Waals surface area contributed by atoms with Crippen LogP contribution in [0, 0.1) is 0 Å². The number of amides is 2. The van der Waals surface area contributed by atoms with Gasteiger partial charge in [0, 0.05) is 44.2 Å². The molecule has 3 rings (SSSR count). The molecule has 3 N–H and O–H groups in total. The summed E-state index contributed by atoms with van der Waals surface area (Å²) in [5, 5.41) is 7.05. The molecule has 0 bridgehead atoms. The summed E-state index contributed by atoms with van der Waals surface area (Å²) in [5.41, 5.74) is 6.46. The fraction of sp³-hybridized carbons (Fsp3) is 0.333. The summed E-state index contributed by atoms with van der Waals surface area (Å²) < 4.78 is 1.86. The molecule has 1 aliphatic heterocycles. The van der Waals surface area contributed by atoms with Gasteiger partial charge in [0.15, 0.2) is 5.82 Å². The van der Waals surface area contributed by atoms with E-state index >= 15 is 0 Å². The summed E-state index contributed by atoms with van der Waals surface area (Å²) in [6.07, 6.45) is 4.38. The Labute approximate surface area is 133 Å². The van der Waals surface area contributed by atoms with E-state index in [4.69, 9.17) is 5.73 Å². The lowest BCUT2D eigenvalue weighted by atomic mass is 10.3. The highest BCUT2D eigenvalue weighted by molar-refractivity contribution is 5.91. The fourth-order valence-electron chi connectivity index (χ4n) is 2.73. The SMILES string of the molecule is CC(=O)Nc1ccn([C@H]2CCN(c3ccnc(C(N)=O)c3)C2)n1. The zero-order valence-electron chi connectivity index (χ0n) is 12.8. The number of hydrogen-bond donors (Lipinski definition) is 2. The third kappa shape index (κ3) is 3.31. The summed E-state index contributed by atoms with van der Waals surface area (Å²) >= 11 is 0. The number of primary amides is 1. The number of aromatic nitrogens is 3. The van der Waals surface area contributed by atoms with E-state index in [1.165, 1.54) is 6.92 Å². The van der Waals surface area contributed by atoms with E-state index in [1.54, 1.807) is 18.3 Å². The van der Waals surface area contributed by atoms with Crippen LogP contribution in [0.2, 0.25) is 0 Å². The van der Waals surface area contributed by atoms with Gasteiger partial charge in [-0.05, 0) is 18.6 Å². The third-order valence-electron chi connectivity index (χ3n) is 3.81. The molecule has 0 spiro atoms. The number of hydrogen-bond acceptors (Lipinski definition) is 5. The molecule has 1 fully saturated rings. The number of carbonyl (C=O) groups excluding carboxylic acids is 2. The lowest BCUT2D eigenvalue weighted by Crippen LogP contribution is -2.22. The molecule has 1 atom stereocenters. The van der Waals surface area contributed by atoms with Crippen molar-refractivity contribution in [3.63, 3.8) is 0 Å². The van der Waals surface area contributed by atoms with E-state index in [2.05, 4.69) is 20.3 Å². The van der Waals surface area contributed by atoms with Crippen LogP contribution in [0.15, 0.2) is 30.6 Å². The van der Waals surface area contributed by atoms with E-state index in [0.29, 0.717) is 5.82 Å². The number of anilines is 2. The van der Waals surface area contributed by atoms with Gasteiger partial charge < -0.3 is 16.0 Å². The van der Waals surface area contributed by atoms with Gasteiger partial charge in [0.25, 0.3) is 5.91 Å². The second kappa shape index (κ2) is 6.07. The highest BCUT2D eigenvalue weighted by Crippen LogP contribution is 2.27. The lowest BCUT2D eigenvalue weighted by Gasteiger charge is -2.19. The Morgan fingerprint density at radius 3 is 2.96 bits per heavy atom. The highest BCUT2D eigenvalue weighted by Gasteiger charge is 2.25. The van der Waals surface area contributed by atoms with Crippen molar-refractivity contribution in [3.05, 3.63) is 36.3 Å². The topological polar surface area (TPSA) is 106 Å². The van der Waals surface area contributed by atoms with Gasteiger partial charge in [-0.1, -0.05) is 0 Å². The predicted molar refractivity (Wildman–Crippen MR) is 85.2 cm³/mol. The van der Waals surface area contributed by atoms with E-state index in [1.807, 2.05) is 16.9 Å². The van der Waals surface area contributed by atoms with Gasteiger partial charge in [0.05, 0.1) is 6.04 Å². The molecule has 2 amide bonds. The van der Waals surface area contributed by atoms with E-state index in [0.717, 1.165) is 25.2 Å². The maximum absolute atomic E-state index is 11.2. The van der Waals surface area contributed by atoms with Crippen molar-refractivity contribution in [2.45, 2.75) is 19.4 Å². The van der Waals surface area contributed by atoms with Crippen molar-refractivity contribution in [3.8, 4) is 0 Å². The Morgan fingerprint density at radius 2 is 2.22 bits per heavy atom. The summed E-state index contributed by atoms with van der Waals surface area (Å²) in [6, 6.07) is 5.56. The molecule has 0 radical (unpaired) electrons. The number of nitrogens with two attached hydrogens (primary N) is 1. The number of nitrogens with one attached hydrogen (secondary N) is 1. The normalized spacial score (nSPS) is 17.3. The highest BCUT2D eigenvalue weighted by atomic mass is 16.1. The van der Waals surface area contributed by atoms with Gasteiger partial charge in [-0.2, -0.15) is 5.10 Å². The standard InChI is InChI=1S/C15H18N6O2/c1-10(22)18-14-4-7-21(19-14)12-3-6-20(9-12)11-2-5-17-13(8-11)15(16)23/h2,4-5,7-8,12H,3,6,9H2,1H3,(H2,16,23)(H,18,19,22)/t12-/m0/s1. The maximum atomic E-state index is 11.2. The molecule has 0 saturated carbocycles. The van der Waals surface area contributed by atoms with Crippen LogP contribution >= 0.6 is 0 Å². The average molecular weight is 314 g/mol.